The van der Waals surface area contributed by atoms with Crippen molar-refractivity contribution in [2.24, 2.45) is 11.7 Å². The van der Waals surface area contributed by atoms with E-state index in [1.54, 1.807) is 0 Å². The highest BCUT2D eigenvalue weighted by molar-refractivity contribution is 5.78. The first-order chi connectivity index (χ1) is 9.20. The monoisotopic (exact) mass is 269 g/mol. The van der Waals surface area contributed by atoms with E-state index >= 15 is 0 Å². The topological polar surface area (TPSA) is 67.6 Å². The molecule has 0 radical (unpaired) electrons. The smallest absolute Gasteiger partial charge is 0.234 e. The van der Waals surface area contributed by atoms with Gasteiger partial charge < -0.3 is 15.8 Å². The van der Waals surface area contributed by atoms with Crippen molar-refractivity contribution in [1.29, 1.82) is 0 Å². The predicted octanol–water partition coefficient (Wildman–Crippen LogP) is 0.341. The molecule has 1 amide bonds. The molecule has 0 aromatic rings. The van der Waals surface area contributed by atoms with Crippen LogP contribution >= 0.6 is 0 Å². The number of hydrogen-bond acceptors (Lipinski definition) is 4. The summed E-state index contributed by atoms with van der Waals surface area (Å²) in [4.78, 5) is 14.2. The Morgan fingerprint density at radius 3 is 2.95 bits per heavy atom. The summed E-state index contributed by atoms with van der Waals surface area (Å²) in [6, 6.07) is 0.349. The number of carbonyl (C=O) groups excluding carboxylic acids is 1. The average molecular weight is 269 g/mol. The van der Waals surface area contributed by atoms with E-state index in [1.807, 2.05) is 0 Å². The van der Waals surface area contributed by atoms with Gasteiger partial charge in [-0.2, -0.15) is 0 Å². The van der Waals surface area contributed by atoms with Gasteiger partial charge in [-0.1, -0.05) is 6.92 Å². The normalized spacial score (nSPS) is 32.4. The molecule has 3 N–H and O–H groups in total. The molecule has 0 spiro atoms. The van der Waals surface area contributed by atoms with E-state index in [2.05, 4.69) is 17.1 Å². The predicted molar refractivity (Wildman–Crippen MR) is 74.8 cm³/mol. The number of rotatable bonds is 5. The summed E-state index contributed by atoms with van der Waals surface area (Å²) >= 11 is 0. The van der Waals surface area contributed by atoms with Crippen molar-refractivity contribution in [3.8, 4) is 0 Å². The van der Waals surface area contributed by atoms with Crippen LogP contribution in [0.15, 0.2) is 0 Å². The highest BCUT2D eigenvalue weighted by Gasteiger charge is 2.28. The maximum absolute atomic E-state index is 12.0. The second kappa shape index (κ2) is 7.22. The Kier molecular flexibility index (Phi) is 5.60. The van der Waals surface area contributed by atoms with Crippen LogP contribution in [-0.4, -0.2) is 55.7 Å². The third kappa shape index (κ3) is 4.16. The summed E-state index contributed by atoms with van der Waals surface area (Å²) in [7, 11) is 0. The third-order valence-electron chi connectivity index (χ3n) is 4.37. The van der Waals surface area contributed by atoms with Crippen molar-refractivity contribution in [3.05, 3.63) is 0 Å². The number of piperidine rings is 1. The Morgan fingerprint density at radius 1 is 1.42 bits per heavy atom. The van der Waals surface area contributed by atoms with E-state index in [1.165, 1.54) is 6.42 Å². The molecule has 2 aliphatic heterocycles. The van der Waals surface area contributed by atoms with E-state index in [0.717, 1.165) is 32.4 Å². The summed E-state index contributed by atoms with van der Waals surface area (Å²) < 4.78 is 5.50. The molecule has 3 atom stereocenters. The van der Waals surface area contributed by atoms with E-state index in [0.29, 0.717) is 31.6 Å². The molecular weight excluding hydrogens is 242 g/mol. The van der Waals surface area contributed by atoms with Gasteiger partial charge in [0.1, 0.15) is 0 Å². The van der Waals surface area contributed by atoms with Gasteiger partial charge in [0.05, 0.1) is 12.6 Å². The summed E-state index contributed by atoms with van der Waals surface area (Å²) in [5, 5.41) is 2.98. The zero-order valence-corrected chi connectivity index (χ0v) is 11.9. The van der Waals surface area contributed by atoms with Crippen molar-refractivity contribution in [3.63, 3.8) is 0 Å². The number of nitrogens with zero attached hydrogens (tertiary/aromatic N) is 1. The van der Waals surface area contributed by atoms with Crippen LogP contribution in [0, 0.1) is 5.92 Å². The molecule has 110 valence electrons. The van der Waals surface area contributed by atoms with Crippen LogP contribution in [0.5, 0.6) is 0 Å². The van der Waals surface area contributed by atoms with Crippen LogP contribution in [0.3, 0.4) is 0 Å². The minimum Gasteiger partial charge on any atom is -0.376 e. The molecule has 3 unspecified atom stereocenters. The molecule has 2 saturated heterocycles. The van der Waals surface area contributed by atoms with Gasteiger partial charge in [-0.25, -0.2) is 0 Å². The molecule has 0 saturated carbocycles. The first-order valence-electron chi connectivity index (χ1n) is 7.53. The van der Waals surface area contributed by atoms with Gasteiger partial charge in [0, 0.05) is 25.7 Å². The molecule has 5 nitrogen and oxygen atoms in total. The molecule has 2 heterocycles. The second-order valence-corrected chi connectivity index (χ2v) is 5.83. The number of likely N-dealkylation sites (tertiary alicyclic amines) is 1. The lowest BCUT2D eigenvalue weighted by Crippen LogP contribution is -2.52. The Hall–Kier alpha value is -0.650. The lowest BCUT2D eigenvalue weighted by Gasteiger charge is -2.38. The van der Waals surface area contributed by atoms with Gasteiger partial charge in [-0.3, -0.25) is 9.69 Å². The summed E-state index contributed by atoms with van der Waals surface area (Å²) in [5.74, 6) is 0.688. The maximum atomic E-state index is 12.0. The van der Waals surface area contributed by atoms with E-state index in [4.69, 9.17) is 10.5 Å². The zero-order valence-electron chi connectivity index (χ0n) is 11.9. The highest BCUT2D eigenvalue weighted by Crippen LogP contribution is 2.22. The number of nitrogens with two attached hydrogens (primary N) is 1. The largest absolute Gasteiger partial charge is 0.376 e. The van der Waals surface area contributed by atoms with Gasteiger partial charge in [0.15, 0.2) is 0 Å². The molecule has 0 aromatic carbocycles. The van der Waals surface area contributed by atoms with Gasteiger partial charge in [0.25, 0.3) is 0 Å². The van der Waals surface area contributed by atoms with Crippen molar-refractivity contribution >= 4 is 5.91 Å². The van der Waals surface area contributed by atoms with Crippen molar-refractivity contribution in [2.45, 2.75) is 44.8 Å². The van der Waals surface area contributed by atoms with Crippen LogP contribution in [0.4, 0.5) is 0 Å². The molecule has 5 heteroatoms. The average Bonchev–Trinajstić information content (AvgIpc) is 2.90. The quantitative estimate of drug-likeness (QED) is 0.755. The first kappa shape index (κ1) is 14.8. The van der Waals surface area contributed by atoms with Crippen LogP contribution in [-0.2, 0) is 9.53 Å². The number of amides is 1. The maximum Gasteiger partial charge on any atom is 0.234 e. The zero-order chi connectivity index (χ0) is 13.7. The minimum atomic E-state index is 0.100. The number of ether oxygens (including phenoxy) is 1. The Bertz CT molecular complexity index is 292. The Morgan fingerprint density at radius 2 is 2.26 bits per heavy atom. The van der Waals surface area contributed by atoms with Crippen molar-refractivity contribution in [2.75, 3.05) is 32.8 Å². The molecule has 19 heavy (non-hydrogen) atoms. The molecule has 0 aromatic heterocycles. The molecule has 0 aliphatic carbocycles. The molecule has 0 bridgehead atoms. The van der Waals surface area contributed by atoms with Gasteiger partial charge in [-0.05, 0) is 38.1 Å². The standard InChI is InChI=1S/C14H27N3O2/c1-11-4-2-6-17(13(11)8-15)10-14(18)16-9-12-5-3-7-19-12/h11-13H,2-10,15H2,1H3,(H,16,18). The van der Waals surface area contributed by atoms with Crippen LogP contribution in [0.25, 0.3) is 0 Å². The van der Waals surface area contributed by atoms with Crippen molar-refractivity contribution in [1.82, 2.24) is 10.2 Å². The molecular formula is C14H27N3O2. The van der Waals surface area contributed by atoms with Crippen LogP contribution in [0.2, 0.25) is 0 Å². The summed E-state index contributed by atoms with van der Waals surface area (Å²) in [6.07, 6.45) is 4.77. The fourth-order valence-electron chi connectivity index (χ4n) is 3.19. The summed E-state index contributed by atoms with van der Waals surface area (Å²) in [6.45, 7) is 5.81. The number of hydrogen-bond donors (Lipinski definition) is 2. The Balaban J connectivity index is 1.73. The lowest BCUT2D eigenvalue weighted by molar-refractivity contribution is -0.124. The number of carbonyl (C=O) groups is 1. The fourth-order valence-corrected chi connectivity index (χ4v) is 3.19. The minimum absolute atomic E-state index is 0.100. The van der Waals surface area contributed by atoms with E-state index < -0.39 is 0 Å². The van der Waals surface area contributed by atoms with Gasteiger partial charge >= 0.3 is 0 Å². The Labute approximate surface area is 115 Å². The van der Waals surface area contributed by atoms with Gasteiger partial charge in [0.2, 0.25) is 5.91 Å². The molecule has 2 aliphatic rings. The molecule has 2 rings (SSSR count). The highest BCUT2D eigenvalue weighted by atomic mass is 16.5. The second-order valence-electron chi connectivity index (χ2n) is 5.83. The van der Waals surface area contributed by atoms with Gasteiger partial charge in [-0.15, -0.1) is 0 Å². The fraction of sp³-hybridized carbons (Fsp3) is 0.929. The third-order valence-corrected chi connectivity index (χ3v) is 4.37. The first-order valence-corrected chi connectivity index (χ1v) is 7.53. The number of nitrogens with one attached hydrogen (secondary N) is 1. The summed E-state index contributed by atoms with van der Waals surface area (Å²) in [5.41, 5.74) is 5.84. The van der Waals surface area contributed by atoms with E-state index in [-0.39, 0.29) is 12.0 Å². The van der Waals surface area contributed by atoms with Crippen LogP contribution < -0.4 is 11.1 Å². The SMILES string of the molecule is CC1CCCN(CC(=O)NCC2CCCO2)C1CN. The molecule has 2 fully saturated rings. The van der Waals surface area contributed by atoms with Crippen molar-refractivity contribution < 1.29 is 9.53 Å². The lowest BCUT2D eigenvalue weighted by atomic mass is 9.91. The van der Waals surface area contributed by atoms with E-state index in [9.17, 15) is 4.79 Å². The van der Waals surface area contributed by atoms with Crippen LogP contribution in [0.1, 0.15) is 32.6 Å².